The first-order chi connectivity index (χ1) is 8.81. The molecule has 0 bridgehead atoms. The van der Waals surface area contributed by atoms with Crippen molar-refractivity contribution in [2.24, 2.45) is 0 Å². The minimum Gasteiger partial charge on any atom is -0.354 e. The Kier molecular flexibility index (Phi) is 5.20. The van der Waals surface area contributed by atoms with Crippen molar-refractivity contribution in [3.05, 3.63) is 22.4 Å². The van der Waals surface area contributed by atoms with E-state index in [1.807, 2.05) is 6.92 Å². The number of hydrogen-bond acceptors (Lipinski definition) is 3. The number of nitrogens with one attached hydrogen (secondary N) is 1. The Balaban J connectivity index is 1.94. The van der Waals surface area contributed by atoms with E-state index in [1.54, 1.807) is 11.3 Å². The van der Waals surface area contributed by atoms with Crippen LogP contribution in [0, 0.1) is 0 Å². The minimum absolute atomic E-state index is 0.178. The van der Waals surface area contributed by atoms with Gasteiger partial charge in [-0.2, -0.15) is 11.3 Å². The van der Waals surface area contributed by atoms with Crippen molar-refractivity contribution in [1.29, 1.82) is 0 Å². The molecule has 2 rings (SSSR count). The summed E-state index contributed by atoms with van der Waals surface area (Å²) in [5.74, 6) is 0.178. The van der Waals surface area contributed by atoms with Crippen molar-refractivity contribution in [3.63, 3.8) is 0 Å². The number of carbonyl (C=O) groups excluding carboxylic acids is 1. The summed E-state index contributed by atoms with van der Waals surface area (Å²) in [5, 5.41) is 7.39. The fourth-order valence-corrected chi connectivity index (χ4v) is 3.21. The standard InChI is InChI=1S/C14H22N2OS/c1-2-5-14(17)15-10-13(12-6-9-18-11-12)16-7-3-4-8-16/h6,9,11,13H,2-5,7-8,10H2,1H3,(H,15,17). The van der Waals surface area contributed by atoms with Gasteiger partial charge in [-0.05, 0) is 54.7 Å². The Morgan fingerprint density at radius 2 is 2.28 bits per heavy atom. The van der Waals surface area contributed by atoms with Crippen LogP contribution in [0.2, 0.25) is 0 Å². The van der Waals surface area contributed by atoms with Gasteiger partial charge in [-0.15, -0.1) is 0 Å². The molecule has 4 heteroatoms. The molecule has 18 heavy (non-hydrogen) atoms. The second-order valence-electron chi connectivity index (χ2n) is 4.87. The molecular weight excluding hydrogens is 244 g/mol. The molecule has 0 spiro atoms. The predicted molar refractivity (Wildman–Crippen MR) is 75.8 cm³/mol. The lowest BCUT2D eigenvalue weighted by Gasteiger charge is -2.27. The molecule has 100 valence electrons. The van der Waals surface area contributed by atoms with Gasteiger partial charge in [0.15, 0.2) is 0 Å². The van der Waals surface area contributed by atoms with Gasteiger partial charge >= 0.3 is 0 Å². The van der Waals surface area contributed by atoms with Crippen molar-refractivity contribution in [2.45, 2.75) is 38.6 Å². The molecule has 1 N–H and O–H groups in total. The van der Waals surface area contributed by atoms with Crippen LogP contribution in [0.15, 0.2) is 16.8 Å². The third kappa shape index (κ3) is 3.56. The zero-order chi connectivity index (χ0) is 12.8. The van der Waals surface area contributed by atoms with E-state index in [4.69, 9.17) is 0 Å². The fourth-order valence-electron chi connectivity index (χ4n) is 2.50. The molecule has 1 amide bonds. The van der Waals surface area contributed by atoms with E-state index in [9.17, 15) is 4.79 Å². The minimum atomic E-state index is 0.178. The average Bonchev–Trinajstić information content (AvgIpc) is 3.02. The Bertz CT molecular complexity index is 358. The molecule has 1 aromatic rings. The average molecular weight is 266 g/mol. The highest BCUT2D eigenvalue weighted by molar-refractivity contribution is 7.07. The number of likely N-dealkylation sites (tertiary alicyclic amines) is 1. The van der Waals surface area contributed by atoms with E-state index >= 15 is 0 Å². The number of amides is 1. The van der Waals surface area contributed by atoms with Crippen LogP contribution in [0.5, 0.6) is 0 Å². The van der Waals surface area contributed by atoms with Gasteiger partial charge in [0, 0.05) is 13.0 Å². The summed E-state index contributed by atoms with van der Waals surface area (Å²) in [7, 11) is 0. The molecule has 1 unspecified atom stereocenters. The summed E-state index contributed by atoms with van der Waals surface area (Å²) in [6.07, 6.45) is 4.11. The Morgan fingerprint density at radius 1 is 1.50 bits per heavy atom. The van der Waals surface area contributed by atoms with Gasteiger partial charge in [-0.1, -0.05) is 6.92 Å². The zero-order valence-corrected chi connectivity index (χ0v) is 11.8. The number of thiophene rings is 1. The second kappa shape index (κ2) is 6.90. The van der Waals surface area contributed by atoms with Gasteiger partial charge in [0.25, 0.3) is 0 Å². The lowest BCUT2D eigenvalue weighted by atomic mass is 10.1. The van der Waals surface area contributed by atoms with Crippen LogP contribution < -0.4 is 5.32 Å². The van der Waals surface area contributed by atoms with Gasteiger partial charge in [-0.3, -0.25) is 9.69 Å². The maximum Gasteiger partial charge on any atom is 0.220 e. The fraction of sp³-hybridized carbons (Fsp3) is 0.643. The number of hydrogen-bond donors (Lipinski definition) is 1. The van der Waals surface area contributed by atoms with Crippen LogP contribution in [0.3, 0.4) is 0 Å². The monoisotopic (exact) mass is 266 g/mol. The van der Waals surface area contributed by atoms with Crippen molar-refractivity contribution in [3.8, 4) is 0 Å². The predicted octanol–water partition coefficient (Wildman–Crippen LogP) is 2.80. The maximum absolute atomic E-state index is 11.6. The van der Waals surface area contributed by atoms with Crippen molar-refractivity contribution in [1.82, 2.24) is 10.2 Å². The molecule has 1 saturated heterocycles. The molecule has 2 heterocycles. The maximum atomic E-state index is 11.6. The van der Waals surface area contributed by atoms with E-state index in [2.05, 4.69) is 27.0 Å². The highest BCUT2D eigenvalue weighted by Gasteiger charge is 2.23. The molecule has 0 aromatic carbocycles. The molecule has 1 atom stereocenters. The van der Waals surface area contributed by atoms with Gasteiger partial charge in [0.2, 0.25) is 5.91 Å². The van der Waals surface area contributed by atoms with Crippen LogP contribution in [0.4, 0.5) is 0 Å². The van der Waals surface area contributed by atoms with Gasteiger partial charge < -0.3 is 5.32 Å². The zero-order valence-electron chi connectivity index (χ0n) is 11.0. The highest BCUT2D eigenvalue weighted by Crippen LogP contribution is 2.26. The van der Waals surface area contributed by atoms with Gasteiger partial charge in [0.05, 0.1) is 6.04 Å². The summed E-state index contributed by atoms with van der Waals surface area (Å²) in [6, 6.07) is 2.54. The lowest BCUT2D eigenvalue weighted by molar-refractivity contribution is -0.121. The first-order valence-electron chi connectivity index (χ1n) is 6.84. The Hall–Kier alpha value is -0.870. The molecule has 1 aromatic heterocycles. The van der Waals surface area contributed by atoms with E-state index in [0.717, 1.165) is 26.1 Å². The van der Waals surface area contributed by atoms with E-state index in [0.29, 0.717) is 12.5 Å². The van der Waals surface area contributed by atoms with Crippen LogP contribution in [-0.4, -0.2) is 30.4 Å². The third-order valence-corrected chi connectivity index (χ3v) is 4.18. The smallest absolute Gasteiger partial charge is 0.220 e. The van der Waals surface area contributed by atoms with Crippen LogP contribution >= 0.6 is 11.3 Å². The molecule has 3 nitrogen and oxygen atoms in total. The summed E-state index contributed by atoms with van der Waals surface area (Å²) in [5.41, 5.74) is 1.35. The molecule has 0 radical (unpaired) electrons. The van der Waals surface area contributed by atoms with E-state index in [1.165, 1.54) is 18.4 Å². The lowest BCUT2D eigenvalue weighted by Crippen LogP contribution is -2.36. The number of rotatable bonds is 6. The van der Waals surface area contributed by atoms with Gasteiger partial charge in [-0.25, -0.2) is 0 Å². The van der Waals surface area contributed by atoms with Crippen molar-refractivity contribution in [2.75, 3.05) is 19.6 Å². The topological polar surface area (TPSA) is 32.3 Å². The molecular formula is C14H22N2OS. The first kappa shape index (κ1) is 13.6. The third-order valence-electron chi connectivity index (χ3n) is 3.48. The summed E-state index contributed by atoms with van der Waals surface area (Å²) >= 11 is 1.73. The molecule has 0 aliphatic carbocycles. The summed E-state index contributed by atoms with van der Waals surface area (Å²) in [4.78, 5) is 14.1. The largest absolute Gasteiger partial charge is 0.354 e. The molecule has 1 fully saturated rings. The highest BCUT2D eigenvalue weighted by atomic mass is 32.1. The Morgan fingerprint density at radius 3 is 2.89 bits per heavy atom. The number of carbonyl (C=O) groups is 1. The quantitative estimate of drug-likeness (QED) is 0.858. The van der Waals surface area contributed by atoms with E-state index in [-0.39, 0.29) is 5.91 Å². The van der Waals surface area contributed by atoms with Crippen molar-refractivity contribution >= 4 is 17.2 Å². The first-order valence-corrected chi connectivity index (χ1v) is 7.78. The van der Waals surface area contributed by atoms with E-state index < -0.39 is 0 Å². The molecule has 1 aliphatic rings. The van der Waals surface area contributed by atoms with Crippen LogP contribution in [-0.2, 0) is 4.79 Å². The second-order valence-corrected chi connectivity index (χ2v) is 5.65. The summed E-state index contributed by atoms with van der Waals surface area (Å²) < 4.78 is 0. The van der Waals surface area contributed by atoms with Crippen molar-refractivity contribution < 1.29 is 4.79 Å². The van der Waals surface area contributed by atoms with Gasteiger partial charge in [0.1, 0.15) is 0 Å². The molecule has 1 aliphatic heterocycles. The molecule has 0 saturated carbocycles. The van der Waals surface area contributed by atoms with Crippen LogP contribution in [0.25, 0.3) is 0 Å². The Labute approximate surface area is 113 Å². The summed E-state index contributed by atoms with van der Waals surface area (Å²) in [6.45, 7) is 5.10. The normalized spacial score (nSPS) is 17.8. The number of nitrogens with zero attached hydrogens (tertiary/aromatic N) is 1. The van der Waals surface area contributed by atoms with Crippen LogP contribution in [0.1, 0.15) is 44.2 Å². The SMILES string of the molecule is CCCC(=O)NCC(c1ccsc1)N1CCCC1.